The fourth-order valence-electron chi connectivity index (χ4n) is 1.98. The van der Waals surface area contributed by atoms with Crippen LogP contribution in [0.4, 0.5) is 11.4 Å². The molecule has 0 fully saturated rings. The van der Waals surface area contributed by atoms with Crippen molar-refractivity contribution in [1.82, 2.24) is 4.98 Å². The van der Waals surface area contributed by atoms with Crippen molar-refractivity contribution in [3.05, 3.63) is 66.9 Å². The monoisotopic (exact) mass is 289 g/mol. The first-order valence-electron chi connectivity index (χ1n) is 6.74. The van der Waals surface area contributed by atoms with E-state index in [1.807, 2.05) is 48.7 Å². The van der Waals surface area contributed by atoms with Crippen LogP contribution in [-0.4, -0.2) is 19.2 Å². The summed E-state index contributed by atoms with van der Waals surface area (Å²) in [6.07, 6.45) is 2.21. The van der Waals surface area contributed by atoms with E-state index in [2.05, 4.69) is 34.2 Å². The minimum atomic E-state index is 0.250. The average molecular weight is 289 g/mol. The van der Waals surface area contributed by atoms with Gasteiger partial charge in [0.1, 0.15) is 7.85 Å². The molecule has 4 nitrogen and oxygen atoms in total. The van der Waals surface area contributed by atoms with Crippen LogP contribution >= 0.6 is 0 Å². The Morgan fingerprint density at radius 3 is 2.27 bits per heavy atom. The second kappa shape index (κ2) is 7.74. The van der Waals surface area contributed by atoms with Crippen molar-refractivity contribution in [2.24, 2.45) is 5.73 Å². The second-order valence-corrected chi connectivity index (χ2v) is 4.55. The molecule has 0 atom stereocenters. The molecular weight excluding hydrogens is 273 g/mol. The zero-order chi connectivity index (χ0) is 15.8. The van der Waals surface area contributed by atoms with Gasteiger partial charge in [0.2, 0.25) is 6.41 Å². The number of carbonyl (C=O) groups excluding carboxylic acids is 1. The molecule has 108 valence electrons. The number of benzene rings is 2. The number of anilines is 2. The van der Waals surface area contributed by atoms with Crippen molar-refractivity contribution in [2.45, 2.75) is 0 Å². The quantitative estimate of drug-likeness (QED) is 0.511. The summed E-state index contributed by atoms with van der Waals surface area (Å²) in [6, 6.07) is 20.0. The van der Waals surface area contributed by atoms with Crippen LogP contribution in [0.15, 0.2) is 66.9 Å². The number of primary amides is 1. The van der Waals surface area contributed by atoms with Crippen LogP contribution in [0.5, 0.6) is 0 Å². The highest BCUT2D eigenvalue weighted by Crippen LogP contribution is 2.23. The molecule has 1 amide bonds. The summed E-state index contributed by atoms with van der Waals surface area (Å²) >= 11 is 0. The molecule has 0 saturated carbocycles. The maximum absolute atomic E-state index is 8.58. The summed E-state index contributed by atoms with van der Waals surface area (Å²) in [5.41, 5.74) is 9.26. The highest BCUT2D eigenvalue weighted by atomic mass is 16.1. The van der Waals surface area contributed by atoms with Gasteiger partial charge < -0.3 is 16.0 Å². The number of H-pyrrole nitrogens is 1. The van der Waals surface area contributed by atoms with E-state index < -0.39 is 0 Å². The normalized spacial score (nSPS) is 9.45. The van der Waals surface area contributed by atoms with Gasteiger partial charge in [0.15, 0.2) is 0 Å². The summed E-state index contributed by atoms with van der Waals surface area (Å²) in [5.74, 6) is 0. The molecule has 5 heteroatoms. The molecule has 1 aromatic heterocycles. The van der Waals surface area contributed by atoms with E-state index in [0.29, 0.717) is 0 Å². The zero-order valence-electron chi connectivity index (χ0n) is 12.0. The zero-order valence-corrected chi connectivity index (χ0v) is 12.0. The lowest BCUT2D eigenvalue weighted by atomic mass is 9.96. The number of hydrogen-bond donors (Lipinski definition) is 3. The maximum Gasteiger partial charge on any atom is 0.204 e. The highest BCUT2D eigenvalue weighted by molar-refractivity contribution is 6.32. The van der Waals surface area contributed by atoms with Crippen molar-refractivity contribution >= 4 is 31.1 Å². The number of carbonyl (C=O) groups is 1. The lowest BCUT2D eigenvalue weighted by Gasteiger charge is -2.03. The molecule has 0 unspecified atom stereocenters. The van der Waals surface area contributed by atoms with Crippen molar-refractivity contribution in [3.8, 4) is 11.3 Å². The SMILES string of the molecule is NC=O.[B]c1ccc(Nc2c[nH]c(-c3ccccc3)c2)cc1. The van der Waals surface area contributed by atoms with Gasteiger partial charge in [0.05, 0.1) is 5.69 Å². The third kappa shape index (κ3) is 4.28. The maximum atomic E-state index is 8.58. The van der Waals surface area contributed by atoms with Crippen LogP contribution in [0.1, 0.15) is 0 Å². The molecule has 4 N–H and O–H groups in total. The Kier molecular flexibility index (Phi) is 5.43. The minimum Gasteiger partial charge on any atom is -0.372 e. The van der Waals surface area contributed by atoms with Crippen LogP contribution in [0.25, 0.3) is 11.3 Å². The Bertz CT molecular complexity index is 708. The Balaban J connectivity index is 0.000000545. The van der Waals surface area contributed by atoms with Crippen LogP contribution in [0, 0.1) is 0 Å². The lowest BCUT2D eigenvalue weighted by Crippen LogP contribution is -2.00. The molecule has 3 aromatic rings. The number of amides is 1. The summed E-state index contributed by atoms with van der Waals surface area (Å²) in [6.45, 7) is 0. The Labute approximate surface area is 130 Å². The van der Waals surface area contributed by atoms with Gasteiger partial charge in [-0.2, -0.15) is 0 Å². The third-order valence-electron chi connectivity index (χ3n) is 2.97. The molecule has 0 spiro atoms. The first-order chi connectivity index (χ1) is 10.7. The van der Waals surface area contributed by atoms with Crippen molar-refractivity contribution in [2.75, 3.05) is 5.32 Å². The highest BCUT2D eigenvalue weighted by Gasteiger charge is 2.01. The molecule has 22 heavy (non-hydrogen) atoms. The van der Waals surface area contributed by atoms with Crippen molar-refractivity contribution < 1.29 is 4.79 Å². The van der Waals surface area contributed by atoms with Crippen LogP contribution in [0.2, 0.25) is 0 Å². The van der Waals surface area contributed by atoms with Crippen molar-refractivity contribution in [3.63, 3.8) is 0 Å². The molecular formula is C17H16BN3O. The largest absolute Gasteiger partial charge is 0.372 e. The first kappa shape index (κ1) is 15.4. The Morgan fingerprint density at radius 1 is 1.00 bits per heavy atom. The lowest BCUT2D eigenvalue weighted by molar-refractivity contribution is -0.106. The fourth-order valence-corrected chi connectivity index (χ4v) is 1.98. The van der Waals surface area contributed by atoms with Crippen molar-refractivity contribution in [1.29, 1.82) is 0 Å². The Morgan fingerprint density at radius 2 is 1.64 bits per heavy atom. The van der Waals surface area contributed by atoms with Gasteiger partial charge in [-0.25, -0.2) is 0 Å². The predicted molar refractivity (Wildman–Crippen MR) is 91.6 cm³/mol. The van der Waals surface area contributed by atoms with Gasteiger partial charge in [-0.15, -0.1) is 0 Å². The van der Waals surface area contributed by atoms with E-state index >= 15 is 0 Å². The van der Waals surface area contributed by atoms with Gasteiger partial charge >= 0.3 is 0 Å². The molecule has 0 aliphatic carbocycles. The summed E-state index contributed by atoms with van der Waals surface area (Å²) in [5, 5.41) is 3.33. The van der Waals surface area contributed by atoms with Gasteiger partial charge in [0.25, 0.3) is 0 Å². The second-order valence-electron chi connectivity index (χ2n) is 4.55. The molecule has 0 saturated heterocycles. The average Bonchev–Trinajstić information content (AvgIpc) is 3.00. The summed E-state index contributed by atoms with van der Waals surface area (Å²) < 4.78 is 0. The number of aromatic amines is 1. The van der Waals surface area contributed by atoms with E-state index in [0.717, 1.165) is 22.5 Å². The van der Waals surface area contributed by atoms with E-state index in [4.69, 9.17) is 12.6 Å². The topological polar surface area (TPSA) is 70.9 Å². The van der Waals surface area contributed by atoms with Gasteiger partial charge in [-0.1, -0.05) is 47.9 Å². The van der Waals surface area contributed by atoms with Gasteiger partial charge in [0, 0.05) is 17.6 Å². The number of nitrogens with two attached hydrogens (primary N) is 1. The van der Waals surface area contributed by atoms with Gasteiger partial charge in [-0.3, -0.25) is 4.79 Å². The standard InChI is InChI=1S/C16H13BN2.CH3NO/c17-13-6-8-14(9-7-13)19-15-10-16(18-11-15)12-4-2-1-3-5-12;2-1-3/h1-11,18-19H;1H,(H2,2,3). The van der Waals surface area contributed by atoms with Crippen LogP contribution < -0.4 is 16.5 Å². The predicted octanol–water partition coefficient (Wildman–Crippen LogP) is 2.32. The number of aromatic nitrogens is 1. The molecule has 0 aliphatic rings. The molecule has 2 aromatic carbocycles. The summed E-state index contributed by atoms with van der Waals surface area (Å²) in [4.78, 5) is 11.8. The van der Waals surface area contributed by atoms with Crippen LogP contribution in [0.3, 0.4) is 0 Å². The van der Waals surface area contributed by atoms with E-state index in [1.165, 1.54) is 5.56 Å². The molecule has 0 aliphatic heterocycles. The molecule has 1 heterocycles. The molecule has 2 radical (unpaired) electrons. The van der Waals surface area contributed by atoms with E-state index in [9.17, 15) is 0 Å². The third-order valence-corrected chi connectivity index (χ3v) is 2.97. The number of hydrogen-bond acceptors (Lipinski definition) is 2. The van der Waals surface area contributed by atoms with E-state index in [1.54, 1.807) is 0 Å². The minimum absolute atomic E-state index is 0.250. The molecule has 3 rings (SSSR count). The smallest absolute Gasteiger partial charge is 0.204 e. The fraction of sp³-hybridized carbons (Fsp3) is 0. The van der Waals surface area contributed by atoms with Crippen LogP contribution in [-0.2, 0) is 4.79 Å². The number of rotatable bonds is 3. The first-order valence-corrected chi connectivity index (χ1v) is 6.74. The number of nitrogens with one attached hydrogen (secondary N) is 2. The molecule has 0 bridgehead atoms. The Hall–Kier alpha value is -2.95. The van der Waals surface area contributed by atoms with Gasteiger partial charge in [-0.05, 0) is 23.8 Å². The summed E-state index contributed by atoms with van der Waals surface area (Å²) in [7, 11) is 5.67. The van der Waals surface area contributed by atoms with E-state index in [-0.39, 0.29) is 6.41 Å².